The molecule has 0 N–H and O–H groups in total. The van der Waals surface area contributed by atoms with Gasteiger partial charge in [-0.1, -0.05) is 0 Å². The van der Waals surface area contributed by atoms with Gasteiger partial charge in [0, 0.05) is 11.6 Å². The van der Waals surface area contributed by atoms with E-state index in [0.29, 0.717) is 5.92 Å². The number of rotatable bonds is 0. The Balaban J connectivity index is 2.20. The fourth-order valence-electron chi connectivity index (χ4n) is 2.76. The fraction of sp³-hybridized carbons (Fsp3) is 0.500. The van der Waals surface area contributed by atoms with Crippen LogP contribution in [-0.2, 0) is 0 Å². The van der Waals surface area contributed by atoms with Gasteiger partial charge in [-0.2, -0.15) is 4.73 Å². The predicted octanol–water partition coefficient (Wildman–Crippen LogP) is 1.68. The summed E-state index contributed by atoms with van der Waals surface area (Å²) < 4.78 is 0.930. The Morgan fingerprint density at radius 3 is 2.83 bits per heavy atom. The van der Waals surface area contributed by atoms with E-state index < -0.39 is 0 Å². The molecule has 2 unspecified atom stereocenters. The maximum absolute atomic E-state index is 11.0. The second-order valence-electron chi connectivity index (χ2n) is 3.92. The van der Waals surface area contributed by atoms with Crippen molar-refractivity contribution in [1.29, 1.82) is 0 Å². The molecule has 0 aliphatic heterocycles. The van der Waals surface area contributed by atoms with Gasteiger partial charge >= 0.3 is 0 Å². The minimum absolute atomic E-state index is 0.700. The Morgan fingerprint density at radius 1 is 1.25 bits per heavy atom. The molecule has 2 heteroatoms. The zero-order chi connectivity index (χ0) is 8.13. The van der Waals surface area contributed by atoms with Crippen LogP contribution in [0.5, 0.6) is 0 Å². The number of nitrogens with zero attached hydrogens (tertiary/aromatic N) is 1. The summed E-state index contributed by atoms with van der Waals surface area (Å²) in [4.78, 5) is 0. The van der Waals surface area contributed by atoms with Crippen molar-refractivity contribution in [1.82, 2.24) is 0 Å². The lowest BCUT2D eigenvalue weighted by molar-refractivity contribution is -0.606. The number of hydrogen-bond acceptors (Lipinski definition) is 1. The summed E-state index contributed by atoms with van der Waals surface area (Å²) in [6.07, 6.45) is 7.31. The first-order chi connectivity index (χ1) is 5.84. The van der Waals surface area contributed by atoms with Crippen LogP contribution >= 0.6 is 0 Å². The molecule has 0 saturated heterocycles. The molecular weight excluding hydrogens is 150 g/mol. The Morgan fingerprint density at radius 2 is 2.00 bits per heavy atom. The average molecular weight is 161 g/mol. The van der Waals surface area contributed by atoms with Gasteiger partial charge in [-0.25, -0.2) is 0 Å². The van der Waals surface area contributed by atoms with E-state index in [9.17, 15) is 5.21 Å². The number of hydrogen-bond donors (Lipinski definition) is 0. The zero-order valence-corrected chi connectivity index (χ0v) is 6.86. The van der Waals surface area contributed by atoms with Gasteiger partial charge in [0.25, 0.3) is 0 Å². The van der Waals surface area contributed by atoms with Gasteiger partial charge in [-0.15, -0.1) is 0 Å². The third-order valence-electron chi connectivity index (χ3n) is 3.31. The van der Waals surface area contributed by atoms with E-state index in [1.165, 1.54) is 30.4 Å². The minimum Gasteiger partial charge on any atom is -0.619 e. The van der Waals surface area contributed by atoms with Gasteiger partial charge in [-0.05, 0) is 36.7 Å². The maximum atomic E-state index is 11.0. The smallest absolute Gasteiger partial charge is 0.184 e. The lowest BCUT2D eigenvalue weighted by atomic mass is 9.94. The molecule has 0 aromatic carbocycles. The SMILES string of the molecule is [O-][n+]1ccc2c(c1)C1CCC2C1. The number of pyridine rings is 1. The highest BCUT2D eigenvalue weighted by Crippen LogP contribution is 2.52. The van der Waals surface area contributed by atoms with Gasteiger partial charge in [-0.3, -0.25) is 0 Å². The van der Waals surface area contributed by atoms with Crippen molar-refractivity contribution in [3.8, 4) is 0 Å². The van der Waals surface area contributed by atoms with Crippen molar-refractivity contribution < 1.29 is 4.73 Å². The molecule has 1 fully saturated rings. The normalized spacial score (nSPS) is 30.7. The molecule has 1 aromatic rings. The summed E-state index contributed by atoms with van der Waals surface area (Å²) in [7, 11) is 0. The van der Waals surface area contributed by atoms with Crippen molar-refractivity contribution in [2.45, 2.75) is 31.1 Å². The Kier molecular flexibility index (Phi) is 1.08. The summed E-state index contributed by atoms with van der Waals surface area (Å²) >= 11 is 0. The van der Waals surface area contributed by atoms with Crippen molar-refractivity contribution >= 4 is 0 Å². The molecule has 1 aromatic heterocycles. The monoisotopic (exact) mass is 161 g/mol. The lowest BCUT2D eigenvalue weighted by Crippen LogP contribution is -2.26. The van der Waals surface area contributed by atoms with Crippen LogP contribution in [0.3, 0.4) is 0 Å². The average Bonchev–Trinajstić information content (AvgIpc) is 2.63. The summed E-state index contributed by atoms with van der Waals surface area (Å²) in [6, 6.07) is 2.01. The van der Waals surface area contributed by atoms with E-state index in [4.69, 9.17) is 0 Å². The Labute approximate surface area is 71.4 Å². The van der Waals surface area contributed by atoms with E-state index in [2.05, 4.69) is 0 Å². The first-order valence-electron chi connectivity index (χ1n) is 4.57. The molecule has 2 atom stereocenters. The Bertz CT molecular complexity index is 335. The summed E-state index contributed by atoms with van der Waals surface area (Å²) in [5, 5.41) is 11.0. The highest BCUT2D eigenvalue weighted by Gasteiger charge is 2.38. The van der Waals surface area contributed by atoms with E-state index in [1.807, 2.05) is 6.07 Å². The summed E-state index contributed by atoms with van der Waals surface area (Å²) in [5.41, 5.74) is 2.77. The lowest BCUT2D eigenvalue weighted by Gasteiger charge is -2.12. The summed E-state index contributed by atoms with van der Waals surface area (Å²) in [5.74, 6) is 1.47. The van der Waals surface area contributed by atoms with Gasteiger partial charge in [0.15, 0.2) is 12.4 Å². The van der Waals surface area contributed by atoms with Gasteiger partial charge in [0.2, 0.25) is 0 Å². The first kappa shape index (κ1) is 6.46. The number of aromatic nitrogens is 1. The molecular formula is C10H11NO. The fourth-order valence-corrected chi connectivity index (χ4v) is 2.76. The van der Waals surface area contributed by atoms with Crippen molar-refractivity contribution in [3.63, 3.8) is 0 Å². The zero-order valence-electron chi connectivity index (χ0n) is 6.86. The highest BCUT2D eigenvalue weighted by molar-refractivity contribution is 5.37. The topological polar surface area (TPSA) is 26.9 Å². The molecule has 1 saturated carbocycles. The summed E-state index contributed by atoms with van der Waals surface area (Å²) in [6.45, 7) is 0. The van der Waals surface area contributed by atoms with Gasteiger partial charge in [0.05, 0.1) is 0 Å². The van der Waals surface area contributed by atoms with E-state index >= 15 is 0 Å². The largest absolute Gasteiger partial charge is 0.619 e. The molecule has 1 heterocycles. The van der Waals surface area contributed by atoms with Gasteiger partial charge < -0.3 is 5.21 Å². The van der Waals surface area contributed by atoms with Gasteiger partial charge in [0.1, 0.15) is 0 Å². The Hall–Kier alpha value is -1.05. The molecule has 2 nitrogen and oxygen atoms in total. The molecule has 3 rings (SSSR count). The molecule has 12 heavy (non-hydrogen) atoms. The molecule has 0 amide bonds. The van der Waals surface area contributed by atoms with Crippen LogP contribution in [0.2, 0.25) is 0 Å². The highest BCUT2D eigenvalue weighted by atomic mass is 16.5. The van der Waals surface area contributed by atoms with Crippen molar-refractivity contribution in [3.05, 3.63) is 34.8 Å². The first-order valence-corrected chi connectivity index (χ1v) is 4.57. The van der Waals surface area contributed by atoms with E-state index in [1.54, 1.807) is 12.4 Å². The third kappa shape index (κ3) is 0.675. The van der Waals surface area contributed by atoms with Crippen molar-refractivity contribution in [2.75, 3.05) is 0 Å². The van der Waals surface area contributed by atoms with Crippen LogP contribution in [0.25, 0.3) is 0 Å². The second kappa shape index (κ2) is 2.00. The molecule has 2 aliphatic carbocycles. The molecule has 2 aliphatic rings. The van der Waals surface area contributed by atoms with Crippen LogP contribution in [0.4, 0.5) is 0 Å². The number of fused-ring (bicyclic) bond motifs is 5. The standard InChI is InChI=1S/C10H11NO/c12-11-4-3-9-7-1-2-8(5-7)10(9)6-11/h3-4,6-8H,1-2,5H2. The quantitative estimate of drug-likeness (QED) is 0.420. The molecule has 62 valence electrons. The van der Waals surface area contributed by atoms with Crippen molar-refractivity contribution in [2.24, 2.45) is 0 Å². The van der Waals surface area contributed by atoms with E-state index in [-0.39, 0.29) is 0 Å². The second-order valence-corrected chi connectivity index (χ2v) is 3.92. The van der Waals surface area contributed by atoms with Crippen LogP contribution in [-0.4, -0.2) is 0 Å². The maximum Gasteiger partial charge on any atom is 0.184 e. The molecule has 0 radical (unpaired) electrons. The molecule has 0 spiro atoms. The predicted molar refractivity (Wildman–Crippen MR) is 44.7 cm³/mol. The molecule has 2 bridgehead atoms. The van der Waals surface area contributed by atoms with Crippen LogP contribution < -0.4 is 4.73 Å². The minimum atomic E-state index is 0.700. The van der Waals surface area contributed by atoms with Crippen LogP contribution in [0, 0.1) is 5.21 Å². The third-order valence-corrected chi connectivity index (χ3v) is 3.31. The van der Waals surface area contributed by atoms with Crippen LogP contribution in [0.1, 0.15) is 42.2 Å². The van der Waals surface area contributed by atoms with Crippen LogP contribution in [0.15, 0.2) is 18.5 Å². The van der Waals surface area contributed by atoms with E-state index in [0.717, 1.165) is 10.6 Å².